The molecule has 1 fully saturated rings. The first-order chi connectivity index (χ1) is 8.79. The van der Waals surface area contributed by atoms with Gasteiger partial charge in [-0.15, -0.1) is 6.58 Å². The number of amides is 1. The number of nitrogens with one attached hydrogen (secondary N) is 1. The van der Waals surface area contributed by atoms with Crippen LogP contribution in [0.15, 0.2) is 43.0 Å². The molecule has 0 radical (unpaired) electrons. The van der Waals surface area contributed by atoms with Crippen LogP contribution in [-0.2, 0) is 11.3 Å². The second-order valence-corrected chi connectivity index (χ2v) is 4.64. The molecule has 3 nitrogen and oxygen atoms in total. The molecule has 96 valence electrons. The SMILES string of the molecule is C=CC1CCCC1NC(=O)OCc1ccccc1. The van der Waals surface area contributed by atoms with E-state index < -0.39 is 0 Å². The maximum absolute atomic E-state index is 11.7. The van der Waals surface area contributed by atoms with Crippen molar-refractivity contribution in [2.24, 2.45) is 5.92 Å². The van der Waals surface area contributed by atoms with Crippen molar-refractivity contribution in [2.45, 2.75) is 31.9 Å². The summed E-state index contributed by atoms with van der Waals surface area (Å²) < 4.78 is 5.20. The number of alkyl carbamates (subject to hydrolysis) is 1. The zero-order chi connectivity index (χ0) is 12.8. The quantitative estimate of drug-likeness (QED) is 0.827. The Morgan fingerprint density at radius 3 is 2.89 bits per heavy atom. The maximum atomic E-state index is 11.7. The van der Waals surface area contributed by atoms with Crippen LogP contribution >= 0.6 is 0 Å². The molecule has 2 unspecified atom stereocenters. The third kappa shape index (κ3) is 3.36. The molecule has 0 aromatic heterocycles. The molecule has 1 aliphatic carbocycles. The summed E-state index contributed by atoms with van der Waals surface area (Å²) in [5.74, 6) is 0.384. The normalized spacial score (nSPS) is 22.4. The zero-order valence-electron chi connectivity index (χ0n) is 10.5. The number of hydrogen-bond donors (Lipinski definition) is 1. The Hall–Kier alpha value is -1.77. The first-order valence-electron chi connectivity index (χ1n) is 6.39. The van der Waals surface area contributed by atoms with Crippen molar-refractivity contribution in [3.63, 3.8) is 0 Å². The minimum atomic E-state index is -0.336. The highest BCUT2D eigenvalue weighted by Gasteiger charge is 2.26. The lowest BCUT2D eigenvalue weighted by Crippen LogP contribution is -2.37. The van der Waals surface area contributed by atoms with Crippen molar-refractivity contribution in [1.29, 1.82) is 0 Å². The topological polar surface area (TPSA) is 38.3 Å². The Morgan fingerprint density at radius 1 is 1.39 bits per heavy atom. The monoisotopic (exact) mass is 245 g/mol. The van der Waals surface area contributed by atoms with Crippen LogP contribution in [-0.4, -0.2) is 12.1 Å². The second-order valence-electron chi connectivity index (χ2n) is 4.64. The Balaban J connectivity index is 1.77. The lowest BCUT2D eigenvalue weighted by atomic mass is 10.0. The number of hydrogen-bond acceptors (Lipinski definition) is 2. The van der Waals surface area contributed by atoms with E-state index in [0.29, 0.717) is 12.5 Å². The summed E-state index contributed by atoms with van der Waals surface area (Å²) in [7, 11) is 0. The van der Waals surface area contributed by atoms with Gasteiger partial charge < -0.3 is 10.1 Å². The van der Waals surface area contributed by atoms with Crippen molar-refractivity contribution in [3.8, 4) is 0 Å². The van der Waals surface area contributed by atoms with Crippen LogP contribution in [0.4, 0.5) is 4.79 Å². The highest BCUT2D eigenvalue weighted by Crippen LogP contribution is 2.26. The van der Waals surface area contributed by atoms with E-state index in [1.165, 1.54) is 0 Å². The fraction of sp³-hybridized carbons (Fsp3) is 0.400. The molecule has 0 heterocycles. The molecule has 1 amide bonds. The summed E-state index contributed by atoms with van der Waals surface area (Å²) in [6, 6.07) is 9.87. The Morgan fingerprint density at radius 2 is 2.17 bits per heavy atom. The summed E-state index contributed by atoms with van der Waals surface area (Å²) in [6.45, 7) is 4.12. The van der Waals surface area contributed by atoms with Crippen molar-refractivity contribution in [3.05, 3.63) is 48.6 Å². The summed E-state index contributed by atoms with van der Waals surface area (Å²) in [5.41, 5.74) is 0.999. The molecular weight excluding hydrogens is 226 g/mol. The van der Waals surface area contributed by atoms with E-state index >= 15 is 0 Å². The van der Waals surface area contributed by atoms with Gasteiger partial charge in [0.05, 0.1) is 0 Å². The van der Waals surface area contributed by atoms with Crippen molar-refractivity contribution >= 4 is 6.09 Å². The van der Waals surface area contributed by atoms with E-state index in [1.54, 1.807) is 0 Å². The van der Waals surface area contributed by atoms with Gasteiger partial charge in [-0.2, -0.15) is 0 Å². The van der Waals surface area contributed by atoms with Crippen LogP contribution in [0.1, 0.15) is 24.8 Å². The minimum absolute atomic E-state index is 0.186. The average molecular weight is 245 g/mol. The van der Waals surface area contributed by atoms with Crippen molar-refractivity contribution in [1.82, 2.24) is 5.32 Å². The number of carbonyl (C=O) groups is 1. The average Bonchev–Trinajstić information content (AvgIpc) is 2.85. The largest absolute Gasteiger partial charge is 0.445 e. The summed E-state index contributed by atoms with van der Waals surface area (Å²) in [6.07, 6.45) is 4.84. The first kappa shape index (κ1) is 12.7. The molecule has 0 saturated heterocycles. The molecule has 0 spiro atoms. The van der Waals surface area contributed by atoms with Gasteiger partial charge in [0, 0.05) is 6.04 Å². The smallest absolute Gasteiger partial charge is 0.407 e. The Labute approximate surface area is 108 Å². The van der Waals surface area contributed by atoms with Crippen LogP contribution in [0, 0.1) is 5.92 Å². The summed E-state index contributed by atoms with van der Waals surface area (Å²) >= 11 is 0. The standard InChI is InChI=1S/C15H19NO2/c1-2-13-9-6-10-14(13)16-15(17)18-11-12-7-4-3-5-8-12/h2-5,7-8,13-14H,1,6,9-11H2,(H,16,17). The van der Waals surface area contributed by atoms with Crippen molar-refractivity contribution < 1.29 is 9.53 Å². The fourth-order valence-corrected chi connectivity index (χ4v) is 2.37. The third-order valence-corrected chi connectivity index (χ3v) is 3.39. The Kier molecular flexibility index (Phi) is 4.40. The highest BCUT2D eigenvalue weighted by atomic mass is 16.5. The van der Waals surface area contributed by atoms with Gasteiger partial charge in [0.25, 0.3) is 0 Å². The lowest BCUT2D eigenvalue weighted by Gasteiger charge is -2.17. The van der Waals surface area contributed by atoms with Crippen LogP contribution in [0.2, 0.25) is 0 Å². The highest BCUT2D eigenvalue weighted by molar-refractivity contribution is 5.67. The number of ether oxygens (including phenoxy) is 1. The maximum Gasteiger partial charge on any atom is 0.407 e. The first-order valence-corrected chi connectivity index (χ1v) is 6.39. The molecule has 0 bridgehead atoms. The Bertz CT molecular complexity index is 402. The van der Waals surface area contributed by atoms with Crippen LogP contribution in [0.5, 0.6) is 0 Å². The fourth-order valence-electron chi connectivity index (χ4n) is 2.37. The predicted molar refractivity (Wildman–Crippen MR) is 71.1 cm³/mol. The number of carbonyl (C=O) groups excluding carboxylic acids is 1. The molecular formula is C15H19NO2. The third-order valence-electron chi connectivity index (χ3n) is 3.39. The minimum Gasteiger partial charge on any atom is -0.445 e. The molecule has 2 rings (SSSR count). The predicted octanol–water partition coefficient (Wildman–Crippen LogP) is 3.27. The van der Waals surface area contributed by atoms with Gasteiger partial charge in [-0.05, 0) is 24.3 Å². The van der Waals surface area contributed by atoms with Crippen molar-refractivity contribution in [2.75, 3.05) is 0 Å². The lowest BCUT2D eigenvalue weighted by molar-refractivity contribution is 0.134. The zero-order valence-corrected chi connectivity index (χ0v) is 10.5. The van der Waals surface area contributed by atoms with E-state index in [2.05, 4.69) is 11.9 Å². The molecule has 1 aliphatic rings. The number of benzene rings is 1. The molecule has 1 aromatic carbocycles. The van der Waals surface area contributed by atoms with Gasteiger partial charge in [-0.3, -0.25) is 0 Å². The molecule has 3 heteroatoms. The molecule has 1 N–H and O–H groups in total. The van der Waals surface area contributed by atoms with Gasteiger partial charge in [-0.1, -0.05) is 42.8 Å². The molecule has 0 aliphatic heterocycles. The summed E-state index contributed by atoms with van der Waals surface area (Å²) in [4.78, 5) is 11.7. The molecule has 1 saturated carbocycles. The van der Waals surface area contributed by atoms with Gasteiger partial charge in [0.2, 0.25) is 0 Å². The number of rotatable bonds is 4. The molecule has 2 atom stereocenters. The van der Waals surface area contributed by atoms with E-state index in [1.807, 2.05) is 36.4 Å². The summed E-state index contributed by atoms with van der Waals surface area (Å²) in [5, 5.41) is 2.92. The second kappa shape index (κ2) is 6.24. The molecule has 1 aromatic rings. The van der Waals surface area contributed by atoms with Crippen LogP contribution in [0.3, 0.4) is 0 Å². The van der Waals surface area contributed by atoms with Gasteiger partial charge in [0.1, 0.15) is 6.61 Å². The molecule has 18 heavy (non-hydrogen) atoms. The van der Waals surface area contributed by atoms with E-state index in [4.69, 9.17) is 4.74 Å². The van der Waals surface area contributed by atoms with E-state index in [-0.39, 0.29) is 12.1 Å². The van der Waals surface area contributed by atoms with Gasteiger partial charge >= 0.3 is 6.09 Å². The van der Waals surface area contributed by atoms with E-state index in [9.17, 15) is 4.79 Å². The van der Waals surface area contributed by atoms with Gasteiger partial charge in [-0.25, -0.2) is 4.79 Å². The van der Waals surface area contributed by atoms with E-state index in [0.717, 1.165) is 24.8 Å². The van der Waals surface area contributed by atoms with Crippen LogP contribution < -0.4 is 5.32 Å². The van der Waals surface area contributed by atoms with Gasteiger partial charge in [0.15, 0.2) is 0 Å². The van der Waals surface area contributed by atoms with Crippen LogP contribution in [0.25, 0.3) is 0 Å².